The van der Waals surface area contributed by atoms with E-state index < -0.39 is 11.3 Å². The topological polar surface area (TPSA) is 40.5 Å². The highest BCUT2D eigenvalue weighted by Crippen LogP contribution is 2.42. The van der Waals surface area contributed by atoms with Gasteiger partial charge in [0.15, 0.2) is 5.37 Å². The second-order valence-electron chi connectivity index (χ2n) is 3.06. The molecule has 4 heteroatoms. The smallest absolute Gasteiger partial charge is 0.337 e. The van der Waals surface area contributed by atoms with E-state index in [1.807, 2.05) is 36.1 Å². The summed E-state index contributed by atoms with van der Waals surface area (Å²) in [4.78, 5) is 13.9. The minimum absolute atomic E-state index is 0.461. The molecule has 3 nitrogen and oxygen atoms in total. The Hall–Kier alpha value is -1.16. The van der Waals surface area contributed by atoms with Crippen LogP contribution in [0.5, 0.6) is 0 Å². The van der Waals surface area contributed by atoms with Gasteiger partial charge in [-0.2, -0.15) is 0 Å². The number of thioether (sulfide) groups is 1. The number of hydrogen-bond acceptors (Lipinski definition) is 3. The molecule has 0 amide bonds. The fourth-order valence-electron chi connectivity index (χ4n) is 1.62. The van der Waals surface area contributed by atoms with Crippen molar-refractivity contribution in [1.29, 1.82) is 0 Å². The van der Waals surface area contributed by atoms with Gasteiger partial charge in [-0.3, -0.25) is 0 Å². The van der Waals surface area contributed by atoms with Crippen molar-refractivity contribution < 1.29 is 9.90 Å². The summed E-state index contributed by atoms with van der Waals surface area (Å²) in [6.07, 6.45) is 0. The quantitative estimate of drug-likeness (QED) is 0.809. The molecule has 0 radical (unpaired) electrons. The molecule has 0 bridgehead atoms. The molecule has 0 spiro atoms. The zero-order valence-corrected chi connectivity index (χ0v) is 8.62. The number of rotatable bonds is 2. The predicted molar refractivity (Wildman–Crippen MR) is 56.7 cm³/mol. The van der Waals surface area contributed by atoms with E-state index in [2.05, 4.69) is 0 Å². The van der Waals surface area contributed by atoms with E-state index in [1.165, 1.54) is 11.8 Å². The van der Waals surface area contributed by atoms with Crippen LogP contribution in [0.4, 0.5) is 5.69 Å². The lowest BCUT2D eigenvalue weighted by atomic mass is 10.3. The minimum Gasteiger partial charge on any atom is -0.479 e. The van der Waals surface area contributed by atoms with Crippen LogP contribution in [-0.4, -0.2) is 23.0 Å². The summed E-state index contributed by atoms with van der Waals surface area (Å²) in [5.74, 6) is -0.770. The molecule has 0 fully saturated rings. The van der Waals surface area contributed by atoms with Crippen LogP contribution in [0.25, 0.3) is 0 Å². The summed E-state index contributed by atoms with van der Waals surface area (Å²) < 4.78 is 0. The van der Waals surface area contributed by atoms with Crippen molar-refractivity contribution >= 4 is 23.4 Å². The van der Waals surface area contributed by atoms with Gasteiger partial charge in [0, 0.05) is 11.4 Å². The lowest BCUT2D eigenvalue weighted by Crippen LogP contribution is -2.35. The van der Waals surface area contributed by atoms with E-state index in [0.717, 1.165) is 17.1 Å². The maximum Gasteiger partial charge on any atom is 0.337 e. The monoisotopic (exact) mass is 209 g/mol. The fourth-order valence-corrected chi connectivity index (χ4v) is 2.82. The van der Waals surface area contributed by atoms with Crippen molar-refractivity contribution in [2.75, 3.05) is 11.4 Å². The van der Waals surface area contributed by atoms with Crippen LogP contribution in [0.1, 0.15) is 6.92 Å². The van der Waals surface area contributed by atoms with Crippen LogP contribution < -0.4 is 4.90 Å². The van der Waals surface area contributed by atoms with E-state index in [-0.39, 0.29) is 0 Å². The molecule has 14 heavy (non-hydrogen) atoms. The third-order valence-corrected chi connectivity index (χ3v) is 3.53. The molecule has 0 aromatic heterocycles. The number of likely N-dealkylation sites (N-methyl/N-ethyl adjacent to an activating group) is 1. The normalized spacial score (nSPS) is 19.5. The number of aliphatic carboxylic acids is 1. The molecule has 1 N–H and O–H groups in total. The molecule has 0 saturated heterocycles. The van der Waals surface area contributed by atoms with Crippen LogP contribution >= 0.6 is 11.8 Å². The van der Waals surface area contributed by atoms with Gasteiger partial charge in [0.25, 0.3) is 0 Å². The van der Waals surface area contributed by atoms with Crippen molar-refractivity contribution in [3.63, 3.8) is 0 Å². The Kier molecular flexibility index (Phi) is 2.37. The lowest BCUT2D eigenvalue weighted by molar-refractivity contribution is -0.136. The van der Waals surface area contributed by atoms with Crippen LogP contribution in [0.2, 0.25) is 0 Å². The van der Waals surface area contributed by atoms with Crippen LogP contribution in [-0.2, 0) is 4.79 Å². The average molecular weight is 209 g/mol. The van der Waals surface area contributed by atoms with Crippen LogP contribution in [0, 0.1) is 0 Å². The van der Waals surface area contributed by atoms with Gasteiger partial charge in [0.2, 0.25) is 0 Å². The van der Waals surface area contributed by atoms with E-state index in [4.69, 9.17) is 5.11 Å². The number of hydrogen-bond donors (Lipinski definition) is 1. The molecule has 1 aromatic rings. The van der Waals surface area contributed by atoms with Crippen molar-refractivity contribution in [2.24, 2.45) is 0 Å². The fraction of sp³-hybridized carbons (Fsp3) is 0.300. The number of carboxylic acid groups (broad SMARTS) is 1. The second-order valence-corrected chi connectivity index (χ2v) is 4.18. The van der Waals surface area contributed by atoms with E-state index in [0.29, 0.717) is 0 Å². The molecule has 0 saturated carbocycles. The van der Waals surface area contributed by atoms with Crippen molar-refractivity contribution in [3.05, 3.63) is 24.3 Å². The van der Waals surface area contributed by atoms with Gasteiger partial charge in [0.05, 0.1) is 5.69 Å². The van der Waals surface area contributed by atoms with Crippen molar-refractivity contribution in [3.8, 4) is 0 Å². The second kappa shape index (κ2) is 3.53. The van der Waals surface area contributed by atoms with Gasteiger partial charge < -0.3 is 10.0 Å². The Morgan fingerprint density at radius 1 is 1.57 bits per heavy atom. The highest BCUT2D eigenvalue weighted by atomic mass is 32.2. The molecule has 1 aliphatic heterocycles. The van der Waals surface area contributed by atoms with Crippen molar-refractivity contribution in [2.45, 2.75) is 17.2 Å². The number of carboxylic acids is 1. The van der Waals surface area contributed by atoms with Gasteiger partial charge >= 0.3 is 5.97 Å². The van der Waals surface area contributed by atoms with Gasteiger partial charge in [-0.15, -0.1) is 0 Å². The summed E-state index contributed by atoms with van der Waals surface area (Å²) in [5, 5.41) is 8.56. The Balaban J connectivity index is 2.38. The number of carbonyl (C=O) groups is 1. The molecule has 1 heterocycles. The number of nitrogens with zero attached hydrogens (tertiary/aromatic N) is 1. The number of benzene rings is 1. The minimum atomic E-state index is -0.770. The summed E-state index contributed by atoms with van der Waals surface area (Å²) in [6, 6.07) is 7.80. The number of fused-ring (bicyclic) bond motifs is 1. The van der Waals surface area contributed by atoms with Gasteiger partial charge in [-0.1, -0.05) is 23.9 Å². The Morgan fingerprint density at radius 3 is 2.93 bits per heavy atom. The molecular weight excluding hydrogens is 198 g/mol. The van der Waals surface area contributed by atoms with Crippen LogP contribution in [0.3, 0.4) is 0 Å². The molecule has 1 aromatic carbocycles. The Labute approximate surface area is 86.7 Å². The third kappa shape index (κ3) is 1.35. The Morgan fingerprint density at radius 2 is 2.29 bits per heavy atom. The zero-order valence-electron chi connectivity index (χ0n) is 7.80. The first kappa shape index (κ1) is 9.40. The van der Waals surface area contributed by atoms with Crippen LogP contribution in [0.15, 0.2) is 29.2 Å². The van der Waals surface area contributed by atoms with Gasteiger partial charge in [-0.05, 0) is 19.1 Å². The molecule has 1 atom stereocenters. The summed E-state index contributed by atoms with van der Waals surface area (Å²) in [5.41, 5.74) is 1.03. The zero-order chi connectivity index (χ0) is 10.1. The van der Waals surface area contributed by atoms with Gasteiger partial charge in [0.1, 0.15) is 0 Å². The summed E-state index contributed by atoms with van der Waals surface area (Å²) in [7, 11) is 0. The standard InChI is InChI=1S/C10H11NO2S/c1-2-11-7-5-3-4-6-8(7)14-9(11)10(12)13/h3-6,9H,2H2,1H3,(H,12,13). The molecular formula is C10H11NO2S. The maximum absolute atomic E-state index is 11.0. The highest BCUT2D eigenvalue weighted by molar-refractivity contribution is 8.01. The molecule has 0 aliphatic carbocycles. The summed E-state index contributed by atoms with van der Waals surface area (Å²) >= 11 is 1.40. The first-order valence-corrected chi connectivity index (χ1v) is 5.37. The van der Waals surface area contributed by atoms with E-state index >= 15 is 0 Å². The molecule has 1 unspecified atom stereocenters. The predicted octanol–water partition coefficient (Wildman–Crippen LogP) is 2.03. The Bertz CT molecular complexity index is 367. The van der Waals surface area contributed by atoms with Gasteiger partial charge in [-0.25, -0.2) is 4.79 Å². The van der Waals surface area contributed by atoms with E-state index in [1.54, 1.807) is 0 Å². The summed E-state index contributed by atoms with van der Waals surface area (Å²) in [6.45, 7) is 2.69. The lowest BCUT2D eigenvalue weighted by Gasteiger charge is -2.21. The third-order valence-electron chi connectivity index (χ3n) is 2.25. The number of para-hydroxylation sites is 1. The highest BCUT2D eigenvalue weighted by Gasteiger charge is 2.33. The first-order valence-electron chi connectivity index (χ1n) is 4.49. The maximum atomic E-state index is 11.0. The number of anilines is 1. The SMILES string of the molecule is CCN1c2ccccc2SC1C(=O)O. The molecule has 2 rings (SSSR count). The van der Waals surface area contributed by atoms with Crippen molar-refractivity contribution in [1.82, 2.24) is 0 Å². The molecule has 1 aliphatic rings. The first-order chi connectivity index (χ1) is 6.74. The van der Waals surface area contributed by atoms with E-state index in [9.17, 15) is 4.79 Å². The average Bonchev–Trinajstić information content (AvgIpc) is 2.56. The largest absolute Gasteiger partial charge is 0.479 e. The molecule has 74 valence electrons.